The number of aromatic amines is 1. The van der Waals surface area contributed by atoms with Crippen LogP contribution in [0, 0.1) is 0 Å². The molecule has 1 aromatic heterocycles. The highest BCUT2D eigenvalue weighted by Crippen LogP contribution is 2.25. The number of H-pyrrole nitrogens is 1. The lowest BCUT2D eigenvalue weighted by Gasteiger charge is -2.01. The van der Waals surface area contributed by atoms with Gasteiger partial charge in [-0.15, -0.1) is 0 Å². The second kappa shape index (κ2) is 3.31. The molecule has 2 rings (SSSR count). The largest absolute Gasteiger partial charge is 0.465 e. The van der Waals surface area contributed by atoms with Crippen LogP contribution in [0.15, 0.2) is 18.5 Å². The fourth-order valence-corrected chi connectivity index (χ4v) is 1.53. The zero-order chi connectivity index (χ0) is 10.1. The number of esters is 1. The Bertz CT molecular complexity index is 493. The number of aromatic nitrogens is 2. The highest BCUT2D eigenvalue weighted by molar-refractivity contribution is 6.37. The molecule has 0 aliphatic heterocycles. The van der Waals surface area contributed by atoms with Crippen molar-refractivity contribution >= 4 is 28.6 Å². The number of halogens is 1. The Morgan fingerprint density at radius 2 is 2.36 bits per heavy atom. The Balaban J connectivity index is 2.67. The van der Waals surface area contributed by atoms with Crippen molar-refractivity contribution < 1.29 is 9.53 Å². The third kappa shape index (κ3) is 1.24. The summed E-state index contributed by atoms with van der Waals surface area (Å²) in [5.74, 6) is -0.458. The summed E-state index contributed by atoms with van der Waals surface area (Å²) in [6.45, 7) is 0. The summed E-state index contributed by atoms with van der Waals surface area (Å²) >= 11 is 5.97. The van der Waals surface area contributed by atoms with Gasteiger partial charge in [0.05, 0.1) is 29.5 Å². The minimum Gasteiger partial charge on any atom is -0.465 e. The normalized spacial score (nSPS) is 10.4. The topological polar surface area (TPSA) is 55.0 Å². The summed E-state index contributed by atoms with van der Waals surface area (Å²) in [5, 5.41) is 0.315. The molecule has 72 valence electrons. The van der Waals surface area contributed by atoms with Crippen LogP contribution in [0.4, 0.5) is 0 Å². The van der Waals surface area contributed by atoms with E-state index in [1.54, 1.807) is 12.1 Å². The zero-order valence-electron chi connectivity index (χ0n) is 7.37. The predicted molar refractivity (Wildman–Crippen MR) is 52.4 cm³/mol. The van der Waals surface area contributed by atoms with Gasteiger partial charge < -0.3 is 9.72 Å². The molecule has 4 nitrogen and oxygen atoms in total. The Hall–Kier alpha value is -1.55. The van der Waals surface area contributed by atoms with Crippen molar-refractivity contribution in [3.63, 3.8) is 0 Å². The van der Waals surface area contributed by atoms with E-state index in [4.69, 9.17) is 11.6 Å². The number of rotatable bonds is 1. The van der Waals surface area contributed by atoms with Crippen molar-refractivity contribution in [2.45, 2.75) is 0 Å². The lowest BCUT2D eigenvalue weighted by atomic mass is 10.2. The lowest BCUT2D eigenvalue weighted by Crippen LogP contribution is -2.01. The molecule has 2 aromatic rings. The highest BCUT2D eigenvalue weighted by atomic mass is 35.5. The summed E-state index contributed by atoms with van der Waals surface area (Å²) in [5.41, 5.74) is 1.70. The second-order valence-corrected chi connectivity index (χ2v) is 3.10. The summed E-state index contributed by atoms with van der Waals surface area (Å²) < 4.78 is 4.58. The molecule has 0 aliphatic carbocycles. The van der Waals surface area contributed by atoms with Crippen molar-refractivity contribution in [3.8, 4) is 0 Å². The van der Waals surface area contributed by atoms with E-state index in [-0.39, 0.29) is 0 Å². The van der Waals surface area contributed by atoms with Gasteiger partial charge in [-0.25, -0.2) is 9.78 Å². The fourth-order valence-electron chi connectivity index (χ4n) is 1.24. The quantitative estimate of drug-likeness (QED) is 0.733. The van der Waals surface area contributed by atoms with Crippen molar-refractivity contribution in [2.75, 3.05) is 7.11 Å². The monoisotopic (exact) mass is 210 g/mol. The van der Waals surface area contributed by atoms with Gasteiger partial charge >= 0.3 is 5.97 Å². The van der Waals surface area contributed by atoms with Crippen LogP contribution >= 0.6 is 11.6 Å². The van der Waals surface area contributed by atoms with Gasteiger partial charge in [-0.3, -0.25) is 0 Å². The molecule has 5 heteroatoms. The number of fused-ring (bicyclic) bond motifs is 1. The second-order valence-electron chi connectivity index (χ2n) is 2.72. The lowest BCUT2D eigenvalue weighted by molar-refractivity contribution is 0.0601. The maximum absolute atomic E-state index is 11.3. The maximum atomic E-state index is 11.3. The summed E-state index contributed by atoms with van der Waals surface area (Å²) in [7, 11) is 1.31. The maximum Gasteiger partial charge on any atom is 0.339 e. The number of carbonyl (C=O) groups is 1. The molecule has 1 aromatic carbocycles. The Morgan fingerprint density at radius 3 is 3.07 bits per heavy atom. The molecule has 14 heavy (non-hydrogen) atoms. The molecule has 0 amide bonds. The number of hydrogen-bond acceptors (Lipinski definition) is 3. The molecule has 0 fully saturated rings. The molecule has 0 spiro atoms. The predicted octanol–water partition coefficient (Wildman–Crippen LogP) is 2.00. The van der Waals surface area contributed by atoms with E-state index >= 15 is 0 Å². The van der Waals surface area contributed by atoms with Gasteiger partial charge in [0.25, 0.3) is 0 Å². The molecular weight excluding hydrogens is 204 g/mol. The highest BCUT2D eigenvalue weighted by Gasteiger charge is 2.14. The SMILES string of the molecule is COC(=O)c1ccc2[nH]cnc2c1Cl. The number of benzene rings is 1. The third-order valence-corrected chi connectivity index (χ3v) is 2.32. The Labute approximate surface area is 84.9 Å². The van der Waals surface area contributed by atoms with Crippen LogP contribution in [-0.4, -0.2) is 23.0 Å². The molecule has 0 aliphatic rings. The van der Waals surface area contributed by atoms with E-state index in [0.717, 1.165) is 5.52 Å². The molecular formula is C9H7ClN2O2. The average Bonchev–Trinajstić information content (AvgIpc) is 2.66. The van der Waals surface area contributed by atoms with Crippen LogP contribution in [0.1, 0.15) is 10.4 Å². The van der Waals surface area contributed by atoms with E-state index in [0.29, 0.717) is 16.1 Å². The number of hydrogen-bond donors (Lipinski definition) is 1. The molecule has 0 saturated carbocycles. The van der Waals surface area contributed by atoms with Gasteiger partial charge in [0.1, 0.15) is 5.52 Å². The minimum atomic E-state index is -0.458. The average molecular weight is 211 g/mol. The Kier molecular flexibility index (Phi) is 2.13. The van der Waals surface area contributed by atoms with Crippen LogP contribution < -0.4 is 0 Å². The fraction of sp³-hybridized carbons (Fsp3) is 0.111. The number of nitrogens with one attached hydrogen (secondary N) is 1. The molecule has 0 saturated heterocycles. The van der Waals surface area contributed by atoms with Gasteiger partial charge in [0.15, 0.2) is 0 Å². The van der Waals surface area contributed by atoms with Crippen LogP contribution in [0.2, 0.25) is 5.02 Å². The van der Waals surface area contributed by atoms with Crippen molar-refractivity contribution in [1.29, 1.82) is 0 Å². The van der Waals surface area contributed by atoms with E-state index < -0.39 is 5.97 Å². The Morgan fingerprint density at radius 1 is 1.57 bits per heavy atom. The van der Waals surface area contributed by atoms with Crippen LogP contribution in [-0.2, 0) is 4.74 Å². The van der Waals surface area contributed by atoms with E-state index in [9.17, 15) is 4.79 Å². The first-order valence-electron chi connectivity index (χ1n) is 3.94. The smallest absolute Gasteiger partial charge is 0.339 e. The summed E-state index contributed by atoms with van der Waals surface area (Å²) in [4.78, 5) is 18.2. The minimum absolute atomic E-state index is 0.315. The number of methoxy groups -OCH3 is 1. The first kappa shape index (κ1) is 9.02. The van der Waals surface area contributed by atoms with Gasteiger partial charge in [0, 0.05) is 0 Å². The molecule has 1 N–H and O–H groups in total. The molecule has 0 atom stereocenters. The van der Waals surface area contributed by atoms with E-state index in [1.165, 1.54) is 13.4 Å². The van der Waals surface area contributed by atoms with E-state index in [2.05, 4.69) is 14.7 Å². The summed E-state index contributed by atoms with van der Waals surface area (Å²) in [6, 6.07) is 3.34. The number of nitrogens with zero attached hydrogens (tertiary/aromatic N) is 1. The van der Waals surface area contributed by atoms with Crippen molar-refractivity contribution in [3.05, 3.63) is 29.0 Å². The van der Waals surface area contributed by atoms with Crippen molar-refractivity contribution in [1.82, 2.24) is 9.97 Å². The van der Waals surface area contributed by atoms with E-state index in [1.807, 2.05) is 0 Å². The first-order valence-corrected chi connectivity index (χ1v) is 4.31. The zero-order valence-corrected chi connectivity index (χ0v) is 8.13. The van der Waals surface area contributed by atoms with Crippen LogP contribution in [0.5, 0.6) is 0 Å². The molecule has 0 bridgehead atoms. The molecule has 0 radical (unpaired) electrons. The number of carbonyl (C=O) groups excluding carboxylic acids is 1. The van der Waals surface area contributed by atoms with Crippen LogP contribution in [0.25, 0.3) is 11.0 Å². The number of ether oxygens (including phenoxy) is 1. The summed E-state index contributed by atoms with van der Waals surface area (Å²) in [6.07, 6.45) is 1.53. The van der Waals surface area contributed by atoms with Gasteiger partial charge in [-0.1, -0.05) is 11.6 Å². The number of imidazole rings is 1. The molecule has 1 heterocycles. The first-order chi connectivity index (χ1) is 6.74. The molecule has 0 unspecified atom stereocenters. The van der Waals surface area contributed by atoms with Crippen LogP contribution in [0.3, 0.4) is 0 Å². The third-order valence-electron chi connectivity index (χ3n) is 1.94. The van der Waals surface area contributed by atoms with Gasteiger partial charge in [0.2, 0.25) is 0 Å². The van der Waals surface area contributed by atoms with Gasteiger partial charge in [-0.05, 0) is 12.1 Å². The standard InChI is InChI=1S/C9H7ClN2O2/c1-14-9(13)5-2-3-6-8(7(5)10)12-4-11-6/h2-4H,1H3,(H,11,12). The van der Waals surface area contributed by atoms with Crippen molar-refractivity contribution in [2.24, 2.45) is 0 Å². The van der Waals surface area contributed by atoms with Gasteiger partial charge in [-0.2, -0.15) is 0 Å².